The minimum absolute atomic E-state index is 0.0489. The number of rotatable bonds is 8. The highest BCUT2D eigenvalue weighted by Gasteiger charge is 2.39. The van der Waals surface area contributed by atoms with E-state index in [9.17, 15) is 4.79 Å². The zero-order valence-corrected chi connectivity index (χ0v) is 13.9. The molecule has 1 aromatic rings. The number of methoxy groups -OCH3 is 2. The number of ether oxygens (including phenoxy) is 3. The Balaban J connectivity index is 1.89. The summed E-state index contributed by atoms with van der Waals surface area (Å²) in [6.45, 7) is 3.10. The maximum atomic E-state index is 12.5. The molecular weight excluding hydrogens is 296 g/mol. The summed E-state index contributed by atoms with van der Waals surface area (Å²) in [5.41, 5.74) is 0.283. The largest absolute Gasteiger partial charge is 0.491 e. The highest BCUT2D eigenvalue weighted by molar-refractivity contribution is 5.85. The molecule has 128 valence electrons. The smallest absolute Gasteiger partial charge is 0.252 e. The van der Waals surface area contributed by atoms with Gasteiger partial charge in [-0.1, -0.05) is 12.1 Å². The Morgan fingerprint density at radius 3 is 2.74 bits per heavy atom. The lowest BCUT2D eigenvalue weighted by molar-refractivity contribution is -0.146. The molecule has 6 heteroatoms. The first-order valence-electron chi connectivity index (χ1n) is 7.95. The third-order valence-electron chi connectivity index (χ3n) is 4.12. The molecule has 1 aliphatic rings. The maximum absolute atomic E-state index is 12.5. The molecule has 1 aromatic carbocycles. The molecule has 1 amide bonds. The first kappa shape index (κ1) is 17.7. The Morgan fingerprint density at radius 2 is 2.04 bits per heavy atom. The van der Waals surface area contributed by atoms with Crippen LogP contribution in [0.15, 0.2) is 24.3 Å². The van der Waals surface area contributed by atoms with Crippen LogP contribution in [0.3, 0.4) is 0 Å². The van der Waals surface area contributed by atoms with Crippen LogP contribution in [0.4, 0.5) is 0 Å². The second-order valence-electron chi connectivity index (χ2n) is 5.62. The van der Waals surface area contributed by atoms with Crippen molar-refractivity contribution in [3.63, 3.8) is 0 Å². The molecule has 0 bridgehead atoms. The SMILES string of the molecule is COCCOc1cccc(CNC(=O)C2(OC)CCNCC2)c1. The van der Waals surface area contributed by atoms with Crippen LogP contribution in [-0.2, 0) is 20.8 Å². The number of hydrogen-bond acceptors (Lipinski definition) is 5. The normalized spacial score (nSPS) is 16.8. The summed E-state index contributed by atoms with van der Waals surface area (Å²) in [4.78, 5) is 12.5. The molecule has 2 N–H and O–H groups in total. The van der Waals surface area contributed by atoms with E-state index >= 15 is 0 Å². The van der Waals surface area contributed by atoms with Gasteiger partial charge in [-0.3, -0.25) is 4.79 Å². The van der Waals surface area contributed by atoms with E-state index in [-0.39, 0.29) is 5.91 Å². The number of amides is 1. The molecule has 6 nitrogen and oxygen atoms in total. The lowest BCUT2D eigenvalue weighted by atomic mass is 9.91. The van der Waals surface area contributed by atoms with E-state index in [0.29, 0.717) is 32.6 Å². The number of hydrogen-bond donors (Lipinski definition) is 2. The van der Waals surface area contributed by atoms with Gasteiger partial charge in [-0.15, -0.1) is 0 Å². The van der Waals surface area contributed by atoms with Crippen molar-refractivity contribution in [2.24, 2.45) is 0 Å². The van der Waals surface area contributed by atoms with Crippen molar-refractivity contribution in [3.8, 4) is 5.75 Å². The third-order valence-corrected chi connectivity index (χ3v) is 4.12. The summed E-state index contributed by atoms with van der Waals surface area (Å²) in [6, 6.07) is 7.70. The molecule has 0 unspecified atom stereocenters. The first-order valence-corrected chi connectivity index (χ1v) is 7.95. The molecule has 0 spiro atoms. The Morgan fingerprint density at radius 1 is 1.26 bits per heavy atom. The van der Waals surface area contributed by atoms with Gasteiger partial charge in [0.2, 0.25) is 0 Å². The molecule has 0 radical (unpaired) electrons. The third kappa shape index (κ3) is 4.92. The van der Waals surface area contributed by atoms with Gasteiger partial charge in [0.05, 0.1) is 6.61 Å². The van der Waals surface area contributed by atoms with Crippen molar-refractivity contribution in [1.29, 1.82) is 0 Å². The van der Waals surface area contributed by atoms with Gasteiger partial charge >= 0.3 is 0 Å². The van der Waals surface area contributed by atoms with Crippen molar-refractivity contribution >= 4 is 5.91 Å². The maximum Gasteiger partial charge on any atom is 0.252 e. The van der Waals surface area contributed by atoms with Crippen molar-refractivity contribution in [1.82, 2.24) is 10.6 Å². The lowest BCUT2D eigenvalue weighted by Crippen LogP contribution is -2.53. The van der Waals surface area contributed by atoms with Gasteiger partial charge in [-0.05, 0) is 43.6 Å². The van der Waals surface area contributed by atoms with Crippen molar-refractivity contribution in [2.45, 2.75) is 25.0 Å². The minimum atomic E-state index is -0.710. The number of piperidine rings is 1. The molecule has 0 saturated carbocycles. The van der Waals surface area contributed by atoms with Gasteiger partial charge in [-0.2, -0.15) is 0 Å². The van der Waals surface area contributed by atoms with Crippen LogP contribution in [0.2, 0.25) is 0 Å². The average molecular weight is 322 g/mol. The van der Waals surface area contributed by atoms with E-state index < -0.39 is 5.60 Å². The summed E-state index contributed by atoms with van der Waals surface area (Å²) in [5, 5.41) is 6.23. The van der Waals surface area contributed by atoms with Crippen molar-refractivity contribution in [3.05, 3.63) is 29.8 Å². The van der Waals surface area contributed by atoms with E-state index in [2.05, 4.69) is 10.6 Å². The predicted molar refractivity (Wildman–Crippen MR) is 87.5 cm³/mol. The number of nitrogens with one attached hydrogen (secondary N) is 2. The molecule has 23 heavy (non-hydrogen) atoms. The quantitative estimate of drug-likeness (QED) is 0.702. The molecule has 1 heterocycles. The van der Waals surface area contributed by atoms with Crippen LogP contribution in [-0.4, -0.2) is 52.0 Å². The van der Waals surface area contributed by atoms with Gasteiger partial charge in [0.25, 0.3) is 5.91 Å². The fourth-order valence-corrected chi connectivity index (χ4v) is 2.69. The summed E-state index contributed by atoms with van der Waals surface area (Å²) >= 11 is 0. The minimum Gasteiger partial charge on any atom is -0.491 e. The van der Waals surface area contributed by atoms with Crippen LogP contribution in [0.25, 0.3) is 0 Å². The zero-order chi connectivity index (χ0) is 16.5. The first-order chi connectivity index (χ1) is 11.2. The number of carbonyl (C=O) groups excluding carboxylic acids is 1. The highest BCUT2D eigenvalue weighted by atomic mass is 16.5. The molecule has 1 aliphatic heterocycles. The van der Waals surface area contributed by atoms with Crippen LogP contribution in [0, 0.1) is 0 Å². The Bertz CT molecular complexity index is 501. The van der Waals surface area contributed by atoms with Gasteiger partial charge in [0, 0.05) is 20.8 Å². The average Bonchev–Trinajstić information content (AvgIpc) is 2.61. The second kappa shape index (κ2) is 8.86. The Hall–Kier alpha value is -1.63. The molecule has 1 saturated heterocycles. The fourth-order valence-electron chi connectivity index (χ4n) is 2.69. The Kier molecular flexibility index (Phi) is 6.83. The predicted octanol–water partition coefficient (Wildman–Crippen LogP) is 1.10. The Labute approximate surface area is 137 Å². The van der Waals surface area contributed by atoms with Crippen molar-refractivity contribution in [2.75, 3.05) is 40.5 Å². The van der Waals surface area contributed by atoms with Gasteiger partial charge in [-0.25, -0.2) is 0 Å². The van der Waals surface area contributed by atoms with Gasteiger partial charge in [0.15, 0.2) is 0 Å². The molecule has 0 aromatic heterocycles. The van der Waals surface area contributed by atoms with E-state index in [1.54, 1.807) is 14.2 Å². The monoisotopic (exact) mass is 322 g/mol. The van der Waals surface area contributed by atoms with Crippen LogP contribution < -0.4 is 15.4 Å². The molecule has 0 atom stereocenters. The summed E-state index contributed by atoms with van der Waals surface area (Å²) in [6.07, 6.45) is 1.38. The van der Waals surface area contributed by atoms with Crippen molar-refractivity contribution < 1.29 is 19.0 Å². The lowest BCUT2D eigenvalue weighted by Gasteiger charge is -2.34. The zero-order valence-electron chi connectivity index (χ0n) is 13.9. The fraction of sp³-hybridized carbons (Fsp3) is 0.588. The number of benzene rings is 1. The molecular formula is C17H26N2O4. The highest BCUT2D eigenvalue weighted by Crippen LogP contribution is 2.23. The summed E-state index contributed by atoms with van der Waals surface area (Å²) in [7, 11) is 3.25. The van der Waals surface area contributed by atoms with E-state index in [4.69, 9.17) is 14.2 Å². The van der Waals surface area contributed by atoms with Crippen LogP contribution in [0.1, 0.15) is 18.4 Å². The van der Waals surface area contributed by atoms with E-state index in [1.165, 1.54) is 0 Å². The topological polar surface area (TPSA) is 68.8 Å². The summed E-state index contributed by atoms with van der Waals surface area (Å²) < 4.78 is 16.1. The standard InChI is InChI=1S/C17H26N2O4/c1-21-10-11-23-15-5-3-4-14(12-15)13-19-16(20)17(22-2)6-8-18-9-7-17/h3-5,12,18H,6-11,13H2,1-2H3,(H,19,20). The van der Waals surface area contributed by atoms with Gasteiger partial charge < -0.3 is 24.8 Å². The molecule has 0 aliphatic carbocycles. The summed E-state index contributed by atoms with van der Waals surface area (Å²) in [5.74, 6) is 0.726. The van der Waals surface area contributed by atoms with E-state index in [0.717, 1.165) is 24.4 Å². The molecule has 2 rings (SSSR count). The number of carbonyl (C=O) groups is 1. The van der Waals surface area contributed by atoms with Gasteiger partial charge in [0.1, 0.15) is 18.0 Å². The molecule has 1 fully saturated rings. The second-order valence-corrected chi connectivity index (χ2v) is 5.62. The van der Waals surface area contributed by atoms with Crippen LogP contribution >= 0.6 is 0 Å². The van der Waals surface area contributed by atoms with Crippen LogP contribution in [0.5, 0.6) is 5.75 Å². The van der Waals surface area contributed by atoms with E-state index in [1.807, 2.05) is 24.3 Å².